The first-order chi connectivity index (χ1) is 5.81. The van der Waals surface area contributed by atoms with Crippen molar-refractivity contribution in [2.24, 2.45) is 0 Å². The van der Waals surface area contributed by atoms with Crippen molar-refractivity contribution < 1.29 is 0 Å². The highest BCUT2D eigenvalue weighted by molar-refractivity contribution is 5.54. The third-order valence-electron chi connectivity index (χ3n) is 2.55. The van der Waals surface area contributed by atoms with Crippen LogP contribution in [0.4, 0.5) is 5.69 Å². The average molecular weight is 161 g/mol. The third kappa shape index (κ3) is 1.31. The standard InChI is InChI=1S/C11H15N/c1-3-10-8-12(10)11-6-4-9(2)5-7-11/h4-7,10H,3,8H2,1-2H3. The number of anilines is 1. The molecule has 1 heteroatoms. The highest BCUT2D eigenvalue weighted by atomic mass is 15.3. The minimum atomic E-state index is 0.813. The highest BCUT2D eigenvalue weighted by Crippen LogP contribution is 2.29. The molecule has 1 aliphatic rings. The lowest BCUT2D eigenvalue weighted by molar-refractivity contribution is 0.920. The zero-order valence-electron chi connectivity index (χ0n) is 7.75. The van der Waals surface area contributed by atoms with Crippen LogP contribution in [0.2, 0.25) is 0 Å². The van der Waals surface area contributed by atoms with E-state index in [1.54, 1.807) is 0 Å². The van der Waals surface area contributed by atoms with Crippen LogP contribution in [0.15, 0.2) is 24.3 Å². The van der Waals surface area contributed by atoms with Crippen molar-refractivity contribution in [3.05, 3.63) is 29.8 Å². The van der Waals surface area contributed by atoms with Gasteiger partial charge in [-0.25, -0.2) is 0 Å². The summed E-state index contributed by atoms with van der Waals surface area (Å²) in [5, 5.41) is 0. The Morgan fingerprint density at radius 1 is 1.33 bits per heavy atom. The first-order valence-electron chi connectivity index (χ1n) is 4.64. The van der Waals surface area contributed by atoms with Crippen LogP contribution in [0.25, 0.3) is 0 Å². The Labute approximate surface area is 74.0 Å². The molecule has 0 bridgehead atoms. The summed E-state index contributed by atoms with van der Waals surface area (Å²) in [5.74, 6) is 0. The monoisotopic (exact) mass is 161 g/mol. The number of aryl methyl sites for hydroxylation is 1. The van der Waals surface area contributed by atoms with Crippen LogP contribution in [0, 0.1) is 6.92 Å². The topological polar surface area (TPSA) is 3.01 Å². The molecule has 12 heavy (non-hydrogen) atoms. The van der Waals surface area contributed by atoms with Crippen molar-refractivity contribution in [2.75, 3.05) is 11.4 Å². The van der Waals surface area contributed by atoms with Gasteiger partial charge in [-0.3, -0.25) is 0 Å². The van der Waals surface area contributed by atoms with E-state index in [2.05, 4.69) is 43.0 Å². The Morgan fingerprint density at radius 3 is 2.50 bits per heavy atom. The summed E-state index contributed by atoms with van der Waals surface area (Å²) in [7, 11) is 0. The normalized spacial score (nSPS) is 21.2. The van der Waals surface area contributed by atoms with Gasteiger partial charge < -0.3 is 4.90 Å². The van der Waals surface area contributed by atoms with E-state index < -0.39 is 0 Å². The summed E-state index contributed by atoms with van der Waals surface area (Å²) < 4.78 is 0. The van der Waals surface area contributed by atoms with E-state index in [-0.39, 0.29) is 0 Å². The molecular formula is C11H15N. The summed E-state index contributed by atoms with van der Waals surface area (Å²) in [6, 6.07) is 9.60. The third-order valence-corrected chi connectivity index (χ3v) is 2.55. The van der Waals surface area contributed by atoms with E-state index >= 15 is 0 Å². The number of rotatable bonds is 2. The molecule has 1 saturated heterocycles. The summed E-state index contributed by atoms with van der Waals surface area (Å²) in [5.41, 5.74) is 2.72. The molecule has 64 valence electrons. The van der Waals surface area contributed by atoms with Crippen LogP contribution in [0.1, 0.15) is 18.9 Å². The Kier molecular flexibility index (Phi) is 1.80. The zero-order chi connectivity index (χ0) is 8.55. The Balaban J connectivity index is 2.10. The lowest BCUT2D eigenvalue weighted by atomic mass is 10.2. The summed E-state index contributed by atoms with van der Waals surface area (Å²) in [4.78, 5) is 2.44. The molecule has 1 aromatic rings. The summed E-state index contributed by atoms with van der Waals surface area (Å²) in [6.07, 6.45) is 1.27. The fourth-order valence-electron chi connectivity index (χ4n) is 1.58. The van der Waals surface area contributed by atoms with Gasteiger partial charge in [-0.05, 0) is 25.5 Å². The SMILES string of the molecule is CCC1CN1c1ccc(C)cc1. The van der Waals surface area contributed by atoms with E-state index in [0.29, 0.717) is 0 Å². The number of nitrogens with zero attached hydrogens (tertiary/aromatic N) is 1. The second-order valence-corrected chi connectivity index (χ2v) is 3.55. The van der Waals surface area contributed by atoms with Crippen LogP contribution in [-0.4, -0.2) is 12.6 Å². The molecule has 2 rings (SSSR count). The van der Waals surface area contributed by atoms with Gasteiger partial charge in [0.25, 0.3) is 0 Å². The fourth-order valence-corrected chi connectivity index (χ4v) is 1.58. The van der Waals surface area contributed by atoms with Crippen molar-refractivity contribution in [1.29, 1.82) is 0 Å². The van der Waals surface area contributed by atoms with Crippen LogP contribution >= 0.6 is 0 Å². The molecule has 0 spiro atoms. The predicted octanol–water partition coefficient (Wildman–Crippen LogP) is 2.59. The molecule has 1 fully saturated rings. The number of hydrogen-bond donors (Lipinski definition) is 0. The van der Waals surface area contributed by atoms with Gasteiger partial charge in [-0.2, -0.15) is 0 Å². The van der Waals surface area contributed by atoms with Gasteiger partial charge in [0, 0.05) is 18.3 Å². The molecule has 0 aliphatic carbocycles. The average Bonchev–Trinajstić information content (AvgIpc) is 2.85. The van der Waals surface area contributed by atoms with E-state index in [4.69, 9.17) is 0 Å². The van der Waals surface area contributed by atoms with E-state index in [0.717, 1.165) is 6.04 Å². The summed E-state index contributed by atoms with van der Waals surface area (Å²) >= 11 is 0. The molecule has 1 unspecified atom stereocenters. The highest BCUT2D eigenvalue weighted by Gasteiger charge is 2.31. The first-order valence-corrected chi connectivity index (χ1v) is 4.64. The molecule has 1 aliphatic heterocycles. The van der Waals surface area contributed by atoms with Crippen LogP contribution < -0.4 is 4.90 Å². The number of benzene rings is 1. The Morgan fingerprint density at radius 2 is 2.00 bits per heavy atom. The molecule has 0 aromatic heterocycles. The lowest BCUT2D eigenvalue weighted by Crippen LogP contribution is -1.96. The quantitative estimate of drug-likeness (QED) is 0.602. The van der Waals surface area contributed by atoms with Gasteiger partial charge in [0.15, 0.2) is 0 Å². The van der Waals surface area contributed by atoms with Gasteiger partial charge >= 0.3 is 0 Å². The van der Waals surface area contributed by atoms with Crippen molar-refractivity contribution in [1.82, 2.24) is 0 Å². The van der Waals surface area contributed by atoms with Gasteiger partial charge in [-0.1, -0.05) is 24.6 Å². The van der Waals surface area contributed by atoms with Gasteiger partial charge in [0.2, 0.25) is 0 Å². The molecule has 0 saturated carbocycles. The van der Waals surface area contributed by atoms with E-state index in [9.17, 15) is 0 Å². The molecule has 1 aromatic carbocycles. The predicted molar refractivity (Wildman–Crippen MR) is 52.6 cm³/mol. The summed E-state index contributed by atoms with van der Waals surface area (Å²) in [6.45, 7) is 5.63. The van der Waals surface area contributed by atoms with Crippen LogP contribution in [-0.2, 0) is 0 Å². The van der Waals surface area contributed by atoms with Crippen LogP contribution in [0.3, 0.4) is 0 Å². The molecule has 0 amide bonds. The van der Waals surface area contributed by atoms with Crippen molar-refractivity contribution in [3.8, 4) is 0 Å². The van der Waals surface area contributed by atoms with Crippen LogP contribution in [0.5, 0.6) is 0 Å². The van der Waals surface area contributed by atoms with Crippen molar-refractivity contribution in [2.45, 2.75) is 26.3 Å². The Hall–Kier alpha value is -0.980. The minimum Gasteiger partial charge on any atom is -0.365 e. The largest absolute Gasteiger partial charge is 0.365 e. The fraction of sp³-hybridized carbons (Fsp3) is 0.455. The van der Waals surface area contributed by atoms with Crippen molar-refractivity contribution >= 4 is 5.69 Å². The maximum absolute atomic E-state index is 2.44. The Bertz CT molecular complexity index is 263. The molecule has 1 nitrogen and oxygen atoms in total. The molecule has 1 heterocycles. The smallest absolute Gasteiger partial charge is 0.0463 e. The van der Waals surface area contributed by atoms with Gasteiger partial charge in [-0.15, -0.1) is 0 Å². The first kappa shape index (κ1) is 7.66. The molecule has 1 atom stereocenters. The second-order valence-electron chi connectivity index (χ2n) is 3.55. The van der Waals surface area contributed by atoms with Crippen molar-refractivity contribution in [3.63, 3.8) is 0 Å². The molecule has 0 N–H and O–H groups in total. The molecular weight excluding hydrogens is 146 g/mol. The van der Waals surface area contributed by atoms with Gasteiger partial charge in [0.05, 0.1) is 0 Å². The van der Waals surface area contributed by atoms with E-state index in [1.807, 2.05) is 0 Å². The minimum absolute atomic E-state index is 0.813. The van der Waals surface area contributed by atoms with Gasteiger partial charge in [0.1, 0.15) is 0 Å². The maximum atomic E-state index is 2.44. The van der Waals surface area contributed by atoms with E-state index in [1.165, 1.54) is 24.2 Å². The maximum Gasteiger partial charge on any atom is 0.0463 e. The lowest BCUT2D eigenvalue weighted by Gasteiger charge is -2.04. The second kappa shape index (κ2) is 2.81. The number of hydrogen-bond acceptors (Lipinski definition) is 1. The molecule has 0 radical (unpaired) electrons. The zero-order valence-corrected chi connectivity index (χ0v) is 7.75.